The van der Waals surface area contributed by atoms with Crippen LogP contribution in [0.5, 0.6) is 5.75 Å². The third-order valence-corrected chi connectivity index (χ3v) is 9.94. The van der Waals surface area contributed by atoms with Crippen LogP contribution >= 0.6 is 0 Å². The fourth-order valence-corrected chi connectivity index (χ4v) is 6.88. The lowest BCUT2D eigenvalue weighted by Gasteiger charge is -2.30. The summed E-state index contributed by atoms with van der Waals surface area (Å²) in [5, 5.41) is 3.60. The number of benzene rings is 1. The molecule has 0 atom stereocenters. The molecule has 1 aromatic carbocycles. The van der Waals surface area contributed by atoms with Gasteiger partial charge >= 0.3 is 0 Å². The highest BCUT2D eigenvalue weighted by molar-refractivity contribution is 7.91. The topological polar surface area (TPSA) is 124 Å². The number of halogens is 2. The summed E-state index contributed by atoms with van der Waals surface area (Å²) in [5.74, 6) is 1.02. The minimum atomic E-state index is -3.54. The van der Waals surface area contributed by atoms with Gasteiger partial charge in [-0.3, -0.25) is 9.78 Å². The number of rotatable bonds is 6. The maximum absolute atomic E-state index is 13.7. The van der Waals surface area contributed by atoms with Crippen LogP contribution in [0.2, 0.25) is 0 Å². The van der Waals surface area contributed by atoms with Gasteiger partial charge in [0.25, 0.3) is 5.91 Å². The molecule has 0 saturated heterocycles. The van der Waals surface area contributed by atoms with E-state index in [1.54, 1.807) is 30.5 Å². The summed E-state index contributed by atoms with van der Waals surface area (Å²) in [6.07, 6.45) is 1.60. The Morgan fingerprint density at radius 3 is 2.74 bits per heavy atom. The van der Waals surface area contributed by atoms with Crippen LogP contribution in [0.25, 0.3) is 10.9 Å². The van der Waals surface area contributed by atoms with E-state index in [2.05, 4.69) is 15.3 Å². The van der Waals surface area contributed by atoms with Gasteiger partial charge in [0, 0.05) is 23.3 Å². The van der Waals surface area contributed by atoms with Gasteiger partial charge in [-0.05, 0) is 60.4 Å². The van der Waals surface area contributed by atoms with Crippen molar-refractivity contribution < 1.29 is 31.5 Å². The molecule has 43 heavy (non-hydrogen) atoms. The van der Waals surface area contributed by atoms with Gasteiger partial charge in [0.1, 0.15) is 12.4 Å². The Morgan fingerprint density at radius 1 is 1.07 bits per heavy atom. The Bertz CT molecular complexity index is 1870. The summed E-state index contributed by atoms with van der Waals surface area (Å²) >= 11 is 0. The maximum atomic E-state index is 13.7. The van der Waals surface area contributed by atoms with Crippen LogP contribution in [0.4, 0.5) is 20.4 Å². The van der Waals surface area contributed by atoms with Crippen LogP contribution in [0.15, 0.2) is 59.8 Å². The normalized spacial score (nSPS) is 18.3. The van der Waals surface area contributed by atoms with E-state index in [1.807, 2.05) is 17.0 Å². The van der Waals surface area contributed by atoms with Crippen molar-refractivity contribution in [1.82, 2.24) is 20.3 Å². The van der Waals surface area contributed by atoms with E-state index in [-0.39, 0.29) is 36.0 Å². The van der Waals surface area contributed by atoms with Gasteiger partial charge < -0.3 is 19.7 Å². The molecule has 1 fully saturated rings. The molecule has 2 aliphatic heterocycles. The van der Waals surface area contributed by atoms with E-state index >= 15 is 0 Å². The van der Waals surface area contributed by atoms with E-state index in [9.17, 15) is 22.0 Å². The first-order valence-corrected chi connectivity index (χ1v) is 15.6. The summed E-state index contributed by atoms with van der Waals surface area (Å²) < 4.78 is 63.7. The molecule has 3 aliphatic rings. The van der Waals surface area contributed by atoms with Crippen LogP contribution in [-0.4, -0.2) is 61.2 Å². The van der Waals surface area contributed by atoms with Gasteiger partial charge in [-0.15, -0.1) is 0 Å². The third kappa shape index (κ3) is 5.06. The lowest BCUT2D eigenvalue weighted by Crippen LogP contribution is -2.30. The first-order chi connectivity index (χ1) is 20.7. The maximum Gasteiger partial charge on any atom is 0.251 e. The Hall–Kier alpha value is -4.23. The molecule has 0 bridgehead atoms. The average molecular weight is 608 g/mol. The zero-order chi connectivity index (χ0) is 29.8. The van der Waals surface area contributed by atoms with Gasteiger partial charge in [0.05, 0.1) is 53.6 Å². The molecule has 7 rings (SSSR count). The minimum Gasteiger partial charge on any atom is -0.488 e. The van der Waals surface area contributed by atoms with Crippen molar-refractivity contribution in [1.29, 1.82) is 0 Å². The number of pyridine rings is 3. The third-order valence-electron chi connectivity index (χ3n) is 8.18. The van der Waals surface area contributed by atoms with E-state index in [0.29, 0.717) is 65.7 Å². The summed E-state index contributed by atoms with van der Waals surface area (Å²) in [5.41, 5.74) is 1.34. The van der Waals surface area contributed by atoms with Crippen molar-refractivity contribution in [2.24, 2.45) is 0 Å². The molecular formula is C30H27F2N5O5S. The van der Waals surface area contributed by atoms with Gasteiger partial charge in [0.15, 0.2) is 21.4 Å². The van der Waals surface area contributed by atoms with Crippen molar-refractivity contribution in [3.8, 4) is 5.75 Å². The Labute approximate surface area is 246 Å². The lowest BCUT2D eigenvalue weighted by molar-refractivity contribution is 0.0949. The number of nitrogens with one attached hydrogen (secondary N) is 1. The van der Waals surface area contributed by atoms with E-state index < -0.39 is 27.6 Å². The first kappa shape index (κ1) is 27.6. The molecule has 10 nitrogen and oxygen atoms in total. The summed E-state index contributed by atoms with van der Waals surface area (Å²) in [6.45, 7) is 1.22. The molecule has 5 heterocycles. The number of alkyl halides is 2. The number of aromatic nitrogens is 3. The fraction of sp³-hybridized carbons (Fsp3) is 0.333. The number of hydrogen-bond acceptors (Lipinski definition) is 9. The smallest absolute Gasteiger partial charge is 0.251 e. The summed E-state index contributed by atoms with van der Waals surface area (Å²) in [7, 11) is -3.54. The Morgan fingerprint density at radius 2 is 1.93 bits per heavy atom. The quantitative estimate of drug-likeness (QED) is 0.345. The zero-order valence-electron chi connectivity index (χ0n) is 22.9. The van der Waals surface area contributed by atoms with Crippen LogP contribution in [0.1, 0.15) is 40.0 Å². The number of nitrogens with zero attached hydrogens (tertiary/aromatic N) is 4. The highest BCUT2D eigenvalue weighted by Crippen LogP contribution is 2.53. The van der Waals surface area contributed by atoms with Gasteiger partial charge in [-0.1, -0.05) is 6.07 Å². The van der Waals surface area contributed by atoms with Crippen molar-refractivity contribution >= 4 is 38.3 Å². The van der Waals surface area contributed by atoms with Crippen LogP contribution in [0.3, 0.4) is 0 Å². The SMILES string of the molecule is O=C(NCc1cc2nc(N3CCOc4cc(C5(C(F)F)CC5)cnc43)ccc2cn1)c1ccc2c(c1)S(=O)(=O)CCOC2. The molecule has 13 heteroatoms. The molecule has 1 N–H and O–H groups in total. The fourth-order valence-electron chi connectivity index (χ4n) is 5.49. The number of ether oxygens (including phenoxy) is 2. The number of sulfone groups is 1. The molecule has 222 valence electrons. The zero-order valence-corrected chi connectivity index (χ0v) is 23.7. The summed E-state index contributed by atoms with van der Waals surface area (Å²) in [6, 6.07) is 11.7. The molecule has 3 aromatic heterocycles. The summed E-state index contributed by atoms with van der Waals surface area (Å²) in [4.78, 5) is 28.7. The number of fused-ring (bicyclic) bond motifs is 3. The molecule has 1 amide bonds. The number of anilines is 2. The van der Waals surface area contributed by atoms with Gasteiger partial charge in [-0.25, -0.2) is 27.2 Å². The molecule has 0 unspecified atom stereocenters. The van der Waals surface area contributed by atoms with Crippen molar-refractivity contribution in [3.63, 3.8) is 0 Å². The molecule has 4 aromatic rings. The second kappa shape index (κ2) is 10.5. The Balaban J connectivity index is 1.10. The van der Waals surface area contributed by atoms with Crippen molar-refractivity contribution in [3.05, 3.63) is 77.2 Å². The second-order valence-corrected chi connectivity index (χ2v) is 13.0. The minimum absolute atomic E-state index is 0.101. The predicted molar refractivity (Wildman–Crippen MR) is 153 cm³/mol. The van der Waals surface area contributed by atoms with Crippen LogP contribution in [-0.2, 0) is 33.1 Å². The lowest BCUT2D eigenvalue weighted by atomic mass is 9.98. The van der Waals surface area contributed by atoms with Gasteiger partial charge in [-0.2, -0.15) is 0 Å². The number of carbonyl (C=O) groups excluding carboxylic acids is 1. The monoisotopic (exact) mass is 607 g/mol. The standard InChI is InChI=1S/C30H27F2N5O5S/c31-29(32)30(5-6-30)21-12-24-27(34-15-21)37(7-8-42-24)26-4-3-19-14-33-22(13-23(19)36-26)16-35-28(38)18-1-2-20-17-41-9-10-43(39,40)25(20)11-18/h1-4,11-15,29H,5-10,16-17H2,(H,35,38). The number of amides is 1. The van der Waals surface area contributed by atoms with Gasteiger partial charge in [0.2, 0.25) is 6.43 Å². The number of hydrogen-bond donors (Lipinski definition) is 1. The average Bonchev–Trinajstić information content (AvgIpc) is 3.85. The van der Waals surface area contributed by atoms with E-state index in [0.717, 1.165) is 5.39 Å². The van der Waals surface area contributed by atoms with E-state index in [1.165, 1.54) is 12.3 Å². The van der Waals surface area contributed by atoms with Crippen LogP contribution in [0, 0.1) is 0 Å². The van der Waals surface area contributed by atoms with Crippen LogP contribution < -0.4 is 15.0 Å². The molecular weight excluding hydrogens is 580 g/mol. The molecule has 1 saturated carbocycles. The highest BCUT2D eigenvalue weighted by Gasteiger charge is 2.53. The van der Waals surface area contributed by atoms with E-state index in [4.69, 9.17) is 14.5 Å². The van der Waals surface area contributed by atoms with Crippen molar-refractivity contribution in [2.75, 3.05) is 30.4 Å². The largest absolute Gasteiger partial charge is 0.488 e. The predicted octanol–water partition coefficient (Wildman–Crippen LogP) is 4.09. The Kier molecular flexibility index (Phi) is 6.73. The number of carbonyl (C=O) groups is 1. The molecule has 0 radical (unpaired) electrons. The second-order valence-electron chi connectivity index (χ2n) is 10.9. The first-order valence-electron chi connectivity index (χ1n) is 13.9. The molecule has 0 spiro atoms. The van der Waals surface area contributed by atoms with Crippen molar-refractivity contribution in [2.45, 2.75) is 42.7 Å². The molecule has 1 aliphatic carbocycles. The highest BCUT2D eigenvalue weighted by atomic mass is 32.2.